The number of aliphatic carboxylic acids is 1. The molecule has 1 fully saturated rings. The van der Waals surface area contributed by atoms with E-state index in [-0.39, 0.29) is 23.8 Å². The van der Waals surface area contributed by atoms with Crippen LogP contribution in [0.2, 0.25) is 0 Å². The molecule has 1 saturated carbocycles. The summed E-state index contributed by atoms with van der Waals surface area (Å²) < 4.78 is 5.10. The summed E-state index contributed by atoms with van der Waals surface area (Å²) in [5.41, 5.74) is 1.01. The molecule has 5 heteroatoms. The van der Waals surface area contributed by atoms with Gasteiger partial charge in [0.05, 0.1) is 0 Å². The van der Waals surface area contributed by atoms with Crippen molar-refractivity contribution >= 4 is 11.9 Å². The molecule has 108 valence electrons. The van der Waals surface area contributed by atoms with E-state index in [1.807, 2.05) is 6.07 Å². The zero-order valence-electron chi connectivity index (χ0n) is 11.7. The number of rotatable bonds is 6. The van der Waals surface area contributed by atoms with Crippen molar-refractivity contribution in [3.05, 3.63) is 29.8 Å². The SMILES string of the molecule is CC1(C)CC1C(=O)NCc1cccc(OCC(=O)O)c1. The van der Waals surface area contributed by atoms with E-state index in [4.69, 9.17) is 9.84 Å². The minimum Gasteiger partial charge on any atom is -0.482 e. The van der Waals surface area contributed by atoms with Gasteiger partial charge >= 0.3 is 5.97 Å². The second-order valence-electron chi connectivity index (χ2n) is 5.79. The third-order valence-electron chi connectivity index (χ3n) is 3.56. The molecular formula is C15H19NO4. The van der Waals surface area contributed by atoms with Crippen LogP contribution in [0.15, 0.2) is 24.3 Å². The zero-order valence-corrected chi connectivity index (χ0v) is 11.7. The van der Waals surface area contributed by atoms with Crippen molar-refractivity contribution in [2.24, 2.45) is 11.3 Å². The Hall–Kier alpha value is -2.04. The lowest BCUT2D eigenvalue weighted by molar-refractivity contribution is -0.139. The molecule has 0 bridgehead atoms. The summed E-state index contributed by atoms with van der Waals surface area (Å²) in [5.74, 6) is -0.341. The third kappa shape index (κ3) is 3.73. The maximum atomic E-state index is 11.9. The van der Waals surface area contributed by atoms with E-state index < -0.39 is 5.97 Å². The minimum absolute atomic E-state index is 0.0758. The van der Waals surface area contributed by atoms with Crippen molar-refractivity contribution < 1.29 is 19.4 Å². The van der Waals surface area contributed by atoms with Crippen molar-refractivity contribution in [3.8, 4) is 5.75 Å². The molecule has 0 aliphatic heterocycles. The van der Waals surface area contributed by atoms with E-state index in [0.717, 1.165) is 12.0 Å². The van der Waals surface area contributed by atoms with Gasteiger partial charge in [0.2, 0.25) is 5.91 Å². The lowest BCUT2D eigenvalue weighted by Crippen LogP contribution is -2.26. The van der Waals surface area contributed by atoms with Crippen molar-refractivity contribution in [2.75, 3.05) is 6.61 Å². The summed E-state index contributed by atoms with van der Waals surface area (Å²) in [5, 5.41) is 11.5. The lowest BCUT2D eigenvalue weighted by Gasteiger charge is -2.08. The van der Waals surface area contributed by atoms with Crippen LogP contribution in [0.4, 0.5) is 0 Å². The number of hydrogen-bond donors (Lipinski definition) is 2. The molecule has 1 atom stereocenters. The van der Waals surface area contributed by atoms with Crippen LogP contribution < -0.4 is 10.1 Å². The van der Waals surface area contributed by atoms with Crippen LogP contribution in [0.25, 0.3) is 0 Å². The maximum Gasteiger partial charge on any atom is 0.341 e. The fourth-order valence-corrected chi connectivity index (χ4v) is 2.12. The predicted molar refractivity (Wildman–Crippen MR) is 73.3 cm³/mol. The summed E-state index contributed by atoms with van der Waals surface area (Å²) in [6.45, 7) is 4.22. The molecule has 2 rings (SSSR count). The van der Waals surface area contributed by atoms with Crippen LogP contribution >= 0.6 is 0 Å². The van der Waals surface area contributed by atoms with Gasteiger partial charge in [-0.05, 0) is 29.5 Å². The van der Waals surface area contributed by atoms with E-state index in [1.54, 1.807) is 18.2 Å². The first-order valence-corrected chi connectivity index (χ1v) is 6.60. The molecule has 20 heavy (non-hydrogen) atoms. The number of carbonyl (C=O) groups is 2. The van der Waals surface area contributed by atoms with Crippen LogP contribution in [0.1, 0.15) is 25.8 Å². The average molecular weight is 277 g/mol. The Morgan fingerprint density at radius 3 is 2.75 bits per heavy atom. The first-order valence-electron chi connectivity index (χ1n) is 6.60. The Kier molecular flexibility index (Phi) is 3.97. The Labute approximate surface area is 117 Å². The standard InChI is InChI=1S/C15H19NO4/c1-15(2)7-12(15)14(19)16-8-10-4-3-5-11(6-10)20-9-13(17)18/h3-6,12H,7-9H2,1-2H3,(H,16,19)(H,17,18). The smallest absolute Gasteiger partial charge is 0.341 e. The molecule has 0 aromatic heterocycles. The van der Waals surface area contributed by atoms with E-state index >= 15 is 0 Å². The normalized spacial score (nSPS) is 19.2. The summed E-state index contributed by atoms with van der Waals surface area (Å²) in [4.78, 5) is 22.3. The van der Waals surface area contributed by atoms with Gasteiger partial charge in [0.25, 0.3) is 0 Å². The number of amides is 1. The number of carbonyl (C=O) groups excluding carboxylic acids is 1. The molecule has 1 aliphatic rings. The molecule has 1 aromatic carbocycles. The minimum atomic E-state index is -1.01. The van der Waals surface area contributed by atoms with Crippen LogP contribution in [-0.2, 0) is 16.1 Å². The lowest BCUT2D eigenvalue weighted by atomic mass is 10.1. The van der Waals surface area contributed by atoms with Crippen LogP contribution in [0.3, 0.4) is 0 Å². The van der Waals surface area contributed by atoms with Gasteiger partial charge in [-0.25, -0.2) is 4.79 Å². The quantitative estimate of drug-likeness (QED) is 0.831. The average Bonchev–Trinajstić information content (AvgIpc) is 3.03. The fourth-order valence-electron chi connectivity index (χ4n) is 2.12. The highest BCUT2D eigenvalue weighted by molar-refractivity contribution is 5.82. The molecule has 0 saturated heterocycles. The van der Waals surface area contributed by atoms with E-state index in [0.29, 0.717) is 12.3 Å². The molecule has 1 amide bonds. The number of hydrogen-bond acceptors (Lipinski definition) is 3. The van der Waals surface area contributed by atoms with Crippen LogP contribution in [0.5, 0.6) is 5.75 Å². The van der Waals surface area contributed by atoms with E-state index in [1.165, 1.54) is 0 Å². The highest BCUT2D eigenvalue weighted by atomic mass is 16.5. The molecule has 0 radical (unpaired) electrons. The number of carboxylic acid groups (broad SMARTS) is 1. The Morgan fingerprint density at radius 2 is 2.15 bits per heavy atom. The summed E-state index contributed by atoms with van der Waals surface area (Å²) in [7, 11) is 0. The number of benzene rings is 1. The monoisotopic (exact) mass is 277 g/mol. The summed E-state index contributed by atoms with van der Waals surface area (Å²) >= 11 is 0. The zero-order chi connectivity index (χ0) is 14.8. The molecule has 1 unspecified atom stereocenters. The van der Waals surface area contributed by atoms with E-state index in [9.17, 15) is 9.59 Å². The maximum absolute atomic E-state index is 11.9. The van der Waals surface area contributed by atoms with Gasteiger partial charge in [-0.3, -0.25) is 4.79 Å². The highest BCUT2D eigenvalue weighted by Gasteiger charge is 2.50. The Bertz CT molecular complexity index is 524. The van der Waals surface area contributed by atoms with E-state index in [2.05, 4.69) is 19.2 Å². The van der Waals surface area contributed by atoms with Gasteiger partial charge in [-0.2, -0.15) is 0 Å². The second-order valence-corrected chi connectivity index (χ2v) is 5.79. The molecular weight excluding hydrogens is 258 g/mol. The predicted octanol–water partition coefficient (Wildman–Crippen LogP) is 1.81. The van der Waals surface area contributed by atoms with Gasteiger partial charge in [0.15, 0.2) is 6.61 Å². The molecule has 1 aliphatic carbocycles. The number of ether oxygens (including phenoxy) is 1. The largest absolute Gasteiger partial charge is 0.482 e. The van der Waals surface area contributed by atoms with Gasteiger partial charge in [0.1, 0.15) is 5.75 Å². The molecule has 2 N–H and O–H groups in total. The first kappa shape index (κ1) is 14.4. The third-order valence-corrected chi connectivity index (χ3v) is 3.56. The molecule has 5 nitrogen and oxygen atoms in total. The molecule has 1 aromatic rings. The molecule has 0 heterocycles. The van der Waals surface area contributed by atoms with Gasteiger partial charge in [-0.1, -0.05) is 26.0 Å². The topological polar surface area (TPSA) is 75.6 Å². The van der Waals surface area contributed by atoms with Crippen molar-refractivity contribution in [3.63, 3.8) is 0 Å². The molecule has 0 spiro atoms. The summed E-state index contributed by atoms with van der Waals surface area (Å²) in [6, 6.07) is 7.07. The van der Waals surface area contributed by atoms with Crippen molar-refractivity contribution in [2.45, 2.75) is 26.8 Å². The van der Waals surface area contributed by atoms with Crippen LogP contribution in [0, 0.1) is 11.3 Å². The Morgan fingerprint density at radius 1 is 1.45 bits per heavy atom. The van der Waals surface area contributed by atoms with Crippen LogP contribution in [-0.4, -0.2) is 23.6 Å². The van der Waals surface area contributed by atoms with Gasteiger partial charge < -0.3 is 15.2 Å². The van der Waals surface area contributed by atoms with Gasteiger partial charge in [-0.15, -0.1) is 0 Å². The first-order chi connectivity index (χ1) is 9.38. The highest BCUT2D eigenvalue weighted by Crippen LogP contribution is 2.51. The number of nitrogens with one attached hydrogen (secondary N) is 1. The summed E-state index contributed by atoms with van der Waals surface area (Å²) in [6.07, 6.45) is 0.931. The van der Waals surface area contributed by atoms with Gasteiger partial charge in [0, 0.05) is 12.5 Å². The second kappa shape index (κ2) is 5.53. The fraction of sp³-hybridized carbons (Fsp3) is 0.467. The Balaban J connectivity index is 1.85. The number of carboxylic acids is 1. The van der Waals surface area contributed by atoms with Crippen molar-refractivity contribution in [1.82, 2.24) is 5.32 Å². The van der Waals surface area contributed by atoms with Crippen molar-refractivity contribution in [1.29, 1.82) is 0 Å².